The molecule has 0 spiro atoms. The quantitative estimate of drug-likeness (QED) is 0.613. The first-order valence-electron chi connectivity index (χ1n) is 11.1. The molecule has 0 bridgehead atoms. The summed E-state index contributed by atoms with van der Waals surface area (Å²) in [7, 11) is 1.62. The summed E-state index contributed by atoms with van der Waals surface area (Å²) in [6, 6.07) is 9.06. The summed E-state index contributed by atoms with van der Waals surface area (Å²) in [5, 5.41) is 4.95. The smallest absolute Gasteiger partial charge is 0.318 e. The lowest BCUT2D eigenvalue weighted by atomic mass is 10.0. The second kappa shape index (κ2) is 11.2. The molecular weight excluding hydrogens is 426 g/mol. The van der Waals surface area contributed by atoms with Crippen molar-refractivity contribution in [2.45, 2.75) is 45.7 Å². The molecule has 0 unspecified atom stereocenters. The van der Waals surface area contributed by atoms with Gasteiger partial charge in [-0.1, -0.05) is 13.0 Å². The summed E-state index contributed by atoms with van der Waals surface area (Å²) in [6.07, 6.45) is 1.67. The monoisotopic (exact) mass is 459 g/mol. The Morgan fingerprint density at radius 1 is 1.28 bits per heavy atom. The Morgan fingerprint density at radius 3 is 2.78 bits per heavy atom. The van der Waals surface area contributed by atoms with Crippen molar-refractivity contribution in [2.75, 3.05) is 33.4 Å². The molecule has 1 aliphatic heterocycles. The van der Waals surface area contributed by atoms with Crippen molar-refractivity contribution in [3.05, 3.63) is 46.2 Å². The maximum atomic E-state index is 13.4. The van der Waals surface area contributed by atoms with Crippen LogP contribution in [0.3, 0.4) is 0 Å². The summed E-state index contributed by atoms with van der Waals surface area (Å²) in [6.45, 7) is 7.44. The van der Waals surface area contributed by atoms with E-state index in [0.29, 0.717) is 25.4 Å². The van der Waals surface area contributed by atoms with Crippen molar-refractivity contribution in [2.24, 2.45) is 0 Å². The standard InChI is InChI=1S/C24H33N3O4S/c1-5-11-25-24(29)27(17(2)3)15-23(28)26-12-9-22-20(10-13-32-22)21(26)16-31-19-8-6-7-18(14-19)30-4/h6-8,10,13-14,17,21H,5,9,11-12,15-16H2,1-4H3,(H,25,29)/t21-/m1/s1. The van der Waals surface area contributed by atoms with Gasteiger partial charge in [0.25, 0.3) is 0 Å². The van der Waals surface area contributed by atoms with E-state index in [0.717, 1.165) is 24.2 Å². The van der Waals surface area contributed by atoms with Crippen LogP contribution in [0, 0.1) is 0 Å². The molecule has 2 heterocycles. The largest absolute Gasteiger partial charge is 0.497 e. The molecule has 1 aliphatic rings. The van der Waals surface area contributed by atoms with Gasteiger partial charge in [0.05, 0.1) is 13.2 Å². The van der Waals surface area contributed by atoms with Gasteiger partial charge in [0.15, 0.2) is 0 Å². The molecule has 7 nitrogen and oxygen atoms in total. The first-order valence-corrected chi connectivity index (χ1v) is 12.0. The summed E-state index contributed by atoms with van der Waals surface area (Å²) in [5.41, 5.74) is 1.13. The molecule has 1 aromatic heterocycles. The zero-order chi connectivity index (χ0) is 23.1. The number of carbonyl (C=O) groups is 2. The number of ether oxygens (including phenoxy) is 2. The fourth-order valence-electron chi connectivity index (χ4n) is 3.80. The second-order valence-corrected chi connectivity index (χ2v) is 9.10. The Morgan fingerprint density at radius 2 is 2.06 bits per heavy atom. The molecule has 1 N–H and O–H groups in total. The van der Waals surface area contributed by atoms with Gasteiger partial charge in [-0.2, -0.15) is 0 Å². The average Bonchev–Trinajstić information content (AvgIpc) is 3.28. The average molecular weight is 460 g/mol. The minimum absolute atomic E-state index is 0.0440. The molecule has 0 radical (unpaired) electrons. The maximum absolute atomic E-state index is 13.4. The van der Waals surface area contributed by atoms with E-state index in [1.807, 2.05) is 49.9 Å². The molecule has 3 rings (SSSR count). The number of nitrogens with zero attached hydrogens (tertiary/aromatic N) is 2. The van der Waals surface area contributed by atoms with Crippen LogP contribution >= 0.6 is 11.3 Å². The Labute approximate surface area is 194 Å². The number of amides is 3. The van der Waals surface area contributed by atoms with Crippen LogP contribution in [0.4, 0.5) is 4.79 Å². The van der Waals surface area contributed by atoms with E-state index in [1.165, 1.54) is 4.88 Å². The molecular formula is C24H33N3O4S. The van der Waals surface area contributed by atoms with Crippen LogP contribution in [0.5, 0.6) is 11.5 Å². The van der Waals surface area contributed by atoms with Crippen LogP contribution in [0.15, 0.2) is 35.7 Å². The third-order valence-electron chi connectivity index (χ3n) is 5.58. The number of rotatable bonds is 9. The van der Waals surface area contributed by atoms with E-state index in [4.69, 9.17) is 9.47 Å². The van der Waals surface area contributed by atoms with Crippen molar-refractivity contribution < 1.29 is 19.1 Å². The molecule has 32 heavy (non-hydrogen) atoms. The van der Waals surface area contributed by atoms with Gasteiger partial charge in [0.1, 0.15) is 24.7 Å². The number of methoxy groups -OCH3 is 1. The number of benzene rings is 1. The number of hydrogen-bond donors (Lipinski definition) is 1. The minimum atomic E-state index is -0.201. The molecule has 1 atom stereocenters. The zero-order valence-corrected chi connectivity index (χ0v) is 20.1. The normalized spacial score (nSPS) is 15.3. The number of nitrogens with one attached hydrogen (secondary N) is 1. The van der Waals surface area contributed by atoms with Crippen molar-refractivity contribution in [3.8, 4) is 11.5 Å². The van der Waals surface area contributed by atoms with Gasteiger partial charge in [0.2, 0.25) is 5.91 Å². The molecule has 174 valence electrons. The van der Waals surface area contributed by atoms with Gasteiger partial charge in [0, 0.05) is 30.1 Å². The van der Waals surface area contributed by atoms with Crippen LogP contribution < -0.4 is 14.8 Å². The number of hydrogen-bond acceptors (Lipinski definition) is 5. The summed E-state index contributed by atoms with van der Waals surface area (Å²) in [4.78, 5) is 30.7. The predicted molar refractivity (Wildman–Crippen MR) is 126 cm³/mol. The highest BCUT2D eigenvalue weighted by molar-refractivity contribution is 7.10. The SMILES string of the molecule is CCCNC(=O)N(CC(=O)N1CCc2sccc2[C@H]1COc1cccc(OC)c1)C(C)C. The number of thiophene rings is 1. The van der Waals surface area contributed by atoms with Crippen molar-refractivity contribution >= 4 is 23.3 Å². The molecule has 1 aromatic carbocycles. The van der Waals surface area contributed by atoms with Crippen LogP contribution in [0.2, 0.25) is 0 Å². The Kier molecular flexibility index (Phi) is 8.39. The van der Waals surface area contributed by atoms with Gasteiger partial charge in [-0.15, -0.1) is 11.3 Å². The lowest BCUT2D eigenvalue weighted by Gasteiger charge is -2.37. The van der Waals surface area contributed by atoms with Gasteiger partial charge in [-0.05, 0) is 55.8 Å². The maximum Gasteiger partial charge on any atom is 0.318 e. The van der Waals surface area contributed by atoms with Crippen LogP contribution in [0.1, 0.15) is 43.7 Å². The number of urea groups is 1. The van der Waals surface area contributed by atoms with Crippen molar-refractivity contribution in [3.63, 3.8) is 0 Å². The lowest BCUT2D eigenvalue weighted by molar-refractivity contribution is -0.135. The summed E-state index contributed by atoms with van der Waals surface area (Å²) >= 11 is 1.72. The van der Waals surface area contributed by atoms with Gasteiger partial charge < -0.3 is 24.6 Å². The van der Waals surface area contributed by atoms with E-state index in [-0.39, 0.29) is 30.6 Å². The molecule has 3 amide bonds. The Bertz CT molecular complexity index is 914. The molecule has 0 saturated carbocycles. The molecule has 8 heteroatoms. The topological polar surface area (TPSA) is 71.1 Å². The fourth-order valence-corrected chi connectivity index (χ4v) is 4.73. The van der Waals surface area contributed by atoms with Crippen LogP contribution in [-0.4, -0.2) is 61.1 Å². The number of fused-ring (bicyclic) bond motifs is 1. The predicted octanol–water partition coefficient (Wildman–Crippen LogP) is 4.09. The molecule has 2 aromatic rings. The molecule has 0 aliphatic carbocycles. The minimum Gasteiger partial charge on any atom is -0.497 e. The number of carbonyl (C=O) groups excluding carboxylic acids is 2. The van der Waals surface area contributed by atoms with Crippen LogP contribution in [-0.2, 0) is 11.2 Å². The summed E-state index contributed by atoms with van der Waals surface area (Å²) in [5.74, 6) is 1.35. The molecule has 0 fully saturated rings. The first-order chi connectivity index (χ1) is 15.4. The van der Waals surface area contributed by atoms with Crippen molar-refractivity contribution in [1.82, 2.24) is 15.1 Å². The zero-order valence-electron chi connectivity index (χ0n) is 19.3. The molecule has 0 saturated heterocycles. The van der Waals surface area contributed by atoms with Crippen molar-refractivity contribution in [1.29, 1.82) is 0 Å². The third-order valence-corrected chi connectivity index (χ3v) is 6.58. The fraction of sp³-hybridized carbons (Fsp3) is 0.500. The van der Waals surface area contributed by atoms with E-state index < -0.39 is 0 Å². The third kappa shape index (κ3) is 5.73. The highest BCUT2D eigenvalue weighted by Crippen LogP contribution is 2.34. The van der Waals surface area contributed by atoms with E-state index in [1.54, 1.807) is 23.3 Å². The van der Waals surface area contributed by atoms with E-state index in [2.05, 4.69) is 16.8 Å². The lowest BCUT2D eigenvalue weighted by Crippen LogP contribution is -2.51. The summed E-state index contributed by atoms with van der Waals surface area (Å²) < 4.78 is 11.4. The van der Waals surface area contributed by atoms with Gasteiger partial charge in [-0.3, -0.25) is 4.79 Å². The second-order valence-electron chi connectivity index (χ2n) is 8.10. The van der Waals surface area contributed by atoms with Gasteiger partial charge in [-0.25, -0.2) is 4.79 Å². The highest BCUT2D eigenvalue weighted by Gasteiger charge is 2.34. The van der Waals surface area contributed by atoms with Gasteiger partial charge >= 0.3 is 6.03 Å². The Balaban J connectivity index is 1.75. The van der Waals surface area contributed by atoms with Crippen LogP contribution in [0.25, 0.3) is 0 Å². The van der Waals surface area contributed by atoms with E-state index in [9.17, 15) is 9.59 Å². The highest BCUT2D eigenvalue weighted by atomic mass is 32.1. The first kappa shape index (κ1) is 23.9. The Hall–Kier alpha value is -2.74. The van der Waals surface area contributed by atoms with E-state index >= 15 is 0 Å².